The van der Waals surface area contributed by atoms with Gasteiger partial charge in [0.1, 0.15) is 5.82 Å². The topological polar surface area (TPSA) is 59.0 Å². The highest BCUT2D eigenvalue weighted by Gasteiger charge is 2.27. The van der Waals surface area contributed by atoms with Gasteiger partial charge >= 0.3 is 0 Å². The Hall–Kier alpha value is -2.99. The number of amides is 1. The molecule has 2 N–H and O–H groups in total. The molecule has 1 aliphatic heterocycles. The summed E-state index contributed by atoms with van der Waals surface area (Å²) in [6, 6.07) is 15.6. The molecular formula is C21H21FN4O. The summed E-state index contributed by atoms with van der Waals surface area (Å²) >= 11 is 0. The minimum atomic E-state index is -0.324. The highest BCUT2D eigenvalue weighted by atomic mass is 19.1. The predicted octanol–water partition coefficient (Wildman–Crippen LogP) is 3.73. The molecule has 0 aliphatic carbocycles. The van der Waals surface area contributed by atoms with Crippen LogP contribution in [-0.4, -0.2) is 28.8 Å². The summed E-state index contributed by atoms with van der Waals surface area (Å²) in [5.41, 5.74) is 2.74. The summed E-state index contributed by atoms with van der Waals surface area (Å²) in [5.74, 6) is -0.333. The molecule has 0 atom stereocenters. The Labute approximate surface area is 157 Å². The summed E-state index contributed by atoms with van der Waals surface area (Å²) in [5, 5.41) is 10.7. The first-order valence-corrected chi connectivity index (χ1v) is 9.13. The molecule has 0 unspecified atom stereocenters. The van der Waals surface area contributed by atoms with Gasteiger partial charge in [0, 0.05) is 11.6 Å². The Balaban J connectivity index is 1.73. The second kappa shape index (κ2) is 7.72. The van der Waals surface area contributed by atoms with Gasteiger partial charge in [0.25, 0.3) is 5.91 Å². The van der Waals surface area contributed by atoms with E-state index in [1.807, 2.05) is 30.3 Å². The van der Waals surface area contributed by atoms with Gasteiger partial charge in [0.05, 0.1) is 23.1 Å². The molecule has 1 aliphatic rings. The fourth-order valence-electron chi connectivity index (χ4n) is 3.55. The van der Waals surface area contributed by atoms with Gasteiger partial charge < -0.3 is 10.6 Å². The minimum Gasteiger partial charge on any atom is -0.322 e. The number of anilines is 1. The second-order valence-corrected chi connectivity index (χ2v) is 6.68. The molecule has 0 radical (unpaired) electrons. The molecule has 27 heavy (non-hydrogen) atoms. The van der Waals surface area contributed by atoms with E-state index in [2.05, 4.69) is 15.7 Å². The van der Waals surface area contributed by atoms with Crippen molar-refractivity contribution in [1.29, 1.82) is 0 Å². The molecule has 4 rings (SSSR count). The molecule has 1 aromatic heterocycles. The normalized spacial score (nSPS) is 14.9. The quantitative estimate of drug-likeness (QED) is 0.742. The van der Waals surface area contributed by atoms with Crippen molar-refractivity contribution in [1.82, 2.24) is 15.1 Å². The zero-order valence-electron chi connectivity index (χ0n) is 14.9. The van der Waals surface area contributed by atoms with E-state index in [1.54, 1.807) is 23.0 Å². The Morgan fingerprint density at radius 1 is 1.11 bits per heavy atom. The van der Waals surface area contributed by atoms with Crippen molar-refractivity contribution in [3.05, 3.63) is 77.9 Å². The largest absolute Gasteiger partial charge is 0.322 e. The van der Waals surface area contributed by atoms with E-state index in [4.69, 9.17) is 0 Å². The molecule has 138 valence electrons. The van der Waals surface area contributed by atoms with E-state index in [0.717, 1.165) is 37.3 Å². The molecule has 0 bridgehead atoms. The van der Waals surface area contributed by atoms with Gasteiger partial charge in [0.2, 0.25) is 0 Å². The first-order valence-electron chi connectivity index (χ1n) is 9.13. The number of para-hydroxylation sites is 1. The third kappa shape index (κ3) is 3.75. The number of carbonyl (C=O) groups is 1. The van der Waals surface area contributed by atoms with Crippen LogP contribution in [0.15, 0.2) is 60.8 Å². The lowest BCUT2D eigenvalue weighted by Gasteiger charge is -2.24. The molecule has 1 saturated heterocycles. The van der Waals surface area contributed by atoms with Crippen LogP contribution in [0, 0.1) is 5.82 Å². The van der Waals surface area contributed by atoms with Crippen molar-refractivity contribution >= 4 is 11.6 Å². The van der Waals surface area contributed by atoms with Crippen LogP contribution < -0.4 is 10.6 Å². The highest BCUT2D eigenvalue weighted by molar-refractivity contribution is 6.05. The first kappa shape index (κ1) is 17.4. The molecule has 2 aromatic carbocycles. The number of halogens is 1. The monoisotopic (exact) mass is 364 g/mol. The van der Waals surface area contributed by atoms with Crippen molar-refractivity contribution in [3.63, 3.8) is 0 Å². The van der Waals surface area contributed by atoms with Gasteiger partial charge in [0.15, 0.2) is 0 Å². The Bertz CT molecular complexity index is 932. The average Bonchev–Trinajstić information content (AvgIpc) is 3.15. The molecule has 5 nitrogen and oxygen atoms in total. The molecule has 0 spiro atoms. The summed E-state index contributed by atoms with van der Waals surface area (Å²) in [6.07, 6.45) is 3.40. The van der Waals surface area contributed by atoms with Crippen molar-refractivity contribution in [3.8, 4) is 5.69 Å². The number of hydrogen-bond donors (Lipinski definition) is 2. The maximum atomic E-state index is 13.7. The van der Waals surface area contributed by atoms with Crippen LogP contribution in [0.1, 0.15) is 34.8 Å². The van der Waals surface area contributed by atoms with E-state index < -0.39 is 0 Å². The van der Waals surface area contributed by atoms with Crippen molar-refractivity contribution < 1.29 is 9.18 Å². The van der Waals surface area contributed by atoms with E-state index >= 15 is 0 Å². The Morgan fingerprint density at radius 3 is 2.63 bits per heavy atom. The molecular weight excluding hydrogens is 343 g/mol. The van der Waals surface area contributed by atoms with Crippen LogP contribution >= 0.6 is 0 Å². The third-order valence-corrected chi connectivity index (χ3v) is 4.86. The standard InChI is InChI=1S/C21H21FN4O/c22-16-5-4-8-18(13-16)26-20(15-9-11-23-12-10-15)19(14-24-26)21(27)25-17-6-2-1-3-7-17/h1-8,13-15,23H,9-12H2,(H,25,27). The lowest BCUT2D eigenvalue weighted by Crippen LogP contribution is -2.29. The number of hydrogen-bond acceptors (Lipinski definition) is 3. The van der Waals surface area contributed by atoms with E-state index in [0.29, 0.717) is 11.3 Å². The predicted molar refractivity (Wildman–Crippen MR) is 103 cm³/mol. The molecule has 2 heterocycles. The lowest BCUT2D eigenvalue weighted by molar-refractivity contribution is 0.102. The molecule has 3 aromatic rings. The number of nitrogens with one attached hydrogen (secondary N) is 2. The molecule has 1 fully saturated rings. The number of piperidine rings is 1. The van der Waals surface area contributed by atoms with Crippen molar-refractivity contribution in [2.24, 2.45) is 0 Å². The SMILES string of the molecule is O=C(Nc1ccccc1)c1cnn(-c2cccc(F)c2)c1C1CCNCC1. The van der Waals surface area contributed by atoms with E-state index in [9.17, 15) is 9.18 Å². The van der Waals surface area contributed by atoms with Gasteiger partial charge in [-0.2, -0.15) is 5.10 Å². The van der Waals surface area contributed by atoms with Crippen LogP contribution in [0.5, 0.6) is 0 Å². The van der Waals surface area contributed by atoms with Crippen LogP contribution in [0.2, 0.25) is 0 Å². The molecule has 0 saturated carbocycles. The average molecular weight is 364 g/mol. The van der Waals surface area contributed by atoms with Gasteiger partial charge in [-0.3, -0.25) is 4.79 Å². The number of aromatic nitrogens is 2. The lowest BCUT2D eigenvalue weighted by atomic mass is 9.91. The number of benzene rings is 2. The Morgan fingerprint density at radius 2 is 1.89 bits per heavy atom. The van der Waals surface area contributed by atoms with Crippen LogP contribution in [0.4, 0.5) is 10.1 Å². The fourth-order valence-corrected chi connectivity index (χ4v) is 3.55. The maximum Gasteiger partial charge on any atom is 0.259 e. The summed E-state index contributed by atoms with van der Waals surface area (Å²) in [4.78, 5) is 12.9. The smallest absolute Gasteiger partial charge is 0.259 e. The van der Waals surface area contributed by atoms with Crippen LogP contribution in [-0.2, 0) is 0 Å². The second-order valence-electron chi connectivity index (χ2n) is 6.68. The van der Waals surface area contributed by atoms with Crippen molar-refractivity contribution in [2.45, 2.75) is 18.8 Å². The first-order chi connectivity index (χ1) is 13.2. The third-order valence-electron chi connectivity index (χ3n) is 4.86. The minimum absolute atomic E-state index is 0.188. The zero-order valence-corrected chi connectivity index (χ0v) is 14.9. The van der Waals surface area contributed by atoms with Crippen LogP contribution in [0.25, 0.3) is 5.69 Å². The van der Waals surface area contributed by atoms with Gasteiger partial charge in [-0.05, 0) is 56.3 Å². The number of nitrogens with zero attached hydrogens (tertiary/aromatic N) is 2. The maximum absolute atomic E-state index is 13.7. The zero-order chi connectivity index (χ0) is 18.6. The van der Waals surface area contributed by atoms with Gasteiger partial charge in [-0.1, -0.05) is 24.3 Å². The summed E-state index contributed by atoms with van der Waals surface area (Å²) in [6.45, 7) is 1.78. The summed E-state index contributed by atoms with van der Waals surface area (Å²) in [7, 11) is 0. The summed E-state index contributed by atoms with van der Waals surface area (Å²) < 4.78 is 15.5. The number of rotatable bonds is 4. The molecule has 6 heteroatoms. The molecule has 1 amide bonds. The van der Waals surface area contributed by atoms with Crippen LogP contribution in [0.3, 0.4) is 0 Å². The van der Waals surface area contributed by atoms with Gasteiger partial charge in [-0.25, -0.2) is 9.07 Å². The van der Waals surface area contributed by atoms with Gasteiger partial charge in [-0.15, -0.1) is 0 Å². The number of carbonyl (C=O) groups excluding carboxylic acids is 1. The van der Waals surface area contributed by atoms with Crippen molar-refractivity contribution in [2.75, 3.05) is 18.4 Å². The van der Waals surface area contributed by atoms with E-state index in [1.165, 1.54) is 12.1 Å². The fraction of sp³-hybridized carbons (Fsp3) is 0.238. The van der Waals surface area contributed by atoms with E-state index in [-0.39, 0.29) is 17.6 Å². The highest BCUT2D eigenvalue weighted by Crippen LogP contribution is 2.30. The Kier molecular flexibility index (Phi) is 4.98.